The maximum Gasteiger partial charge on any atom is 0.243 e. The third-order valence-corrected chi connectivity index (χ3v) is 8.54. The number of nitrogens with zero attached hydrogens (tertiary/aromatic N) is 2. The second-order valence-corrected chi connectivity index (χ2v) is 12.5. The molecule has 3 rings (SSSR count). The molecule has 208 valence electrons. The monoisotopic (exact) mass is 561 g/mol. The third-order valence-electron chi connectivity index (χ3n) is 7.13. The summed E-state index contributed by atoms with van der Waals surface area (Å²) in [6, 6.07) is 14.3. The Morgan fingerprint density at radius 2 is 1.76 bits per heavy atom. The fourth-order valence-corrected chi connectivity index (χ4v) is 6.26. The first-order valence-electron chi connectivity index (χ1n) is 13.5. The summed E-state index contributed by atoms with van der Waals surface area (Å²) in [6.07, 6.45) is 7.43. The molecule has 38 heavy (non-hydrogen) atoms. The first-order chi connectivity index (χ1) is 18.1. The van der Waals surface area contributed by atoms with Gasteiger partial charge in [-0.2, -0.15) is 0 Å². The molecule has 2 amide bonds. The zero-order chi connectivity index (χ0) is 27.7. The van der Waals surface area contributed by atoms with E-state index in [0.717, 1.165) is 43.1 Å². The molecule has 0 aromatic heterocycles. The number of hydrogen-bond donors (Lipinski definition) is 1. The lowest BCUT2D eigenvalue weighted by Crippen LogP contribution is -2.51. The predicted octanol–water partition coefficient (Wildman–Crippen LogP) is 5.45. The number of aryl methyl sites for hydroxylation is 1. The average molecular weight is 562 g/mol. The summed E-state index contributed by atoms with van der Waals surface area (Å²) < 4.78 is 26.5. The summed E-state index contributed by atoms with van der Waals surface area (Å²) in [5.41, 5.74) is 2.23. The SMILES string of the molecule is CC[C@H](C(=O)NC1CCCCC1)N(Cc1ccccc1)C(=O)CCCN(c1cc(Cl)ccc1C)S(C)(=O)=O. The minimum atomic E-state index is -3.59. The van der Waals surface area contributed by atoms with Gasteiger partial charge in [0.05, 0.1) is 11.9 Å². The van der Waals surface area contributed by atoms with E-state index in [2.05, 4.69) is 5.32 Å². The Morgan fingerprint density at radius 3 is 2.39 bits per heavy atom. The Hall–Kier alpha value is -2.58. The summed E-state index contributed by atoms with van der Waals surface area (Å²) in [5, 5.41) is 3.63. The highest BCUT2D eigenvalue weighted by Gasteiger charge is 2.30. The van der Waals surface area contributed by atoms with Gasteiger partial charge in [-0.25, -0.2) is 8.42 Å². The standard InChI is InChI=1S/C29H40ClN3O4S/c1-4-26(29(35)31-25-14-9-6-10-15-25)32(21-23-12-7-5-8-13-23)28(34)16-11-19-33(38(3,36)37)27-20-24(30)18-17-22(27)2/h5,7-8,12-13,17-18,20,25-26H,4,6,9-11,14-16,19,21H2,1-3H3,(H,31,35)/t26-/m1/s1. The first kappa shape index (κ1) is 30.0. The molecule has 1 fully saturated rings. The Bertz CT molecular complexity index is 1180. The van der Waals surface area contributed by atoms with Gasteiger partial charge in [-0.1, -0.05) is 74.2 Å². The van der Waals surface area contributed by atoms with Crippen molar-refractivity contribution in [2.75, 3.05) is 17.1 Å². The maximum absolute atomic E-state index is 13.6. The molecule has 0 saturated heterocycles. The Morgan fingerprint density at radius 1 is 1.08 bits per heavy atom. The van der Waals surface area contributed by atoms with Crippen LogP contribution in [0.2, 0.25) is 5.02 Å². The summed E-state index contributed by atoms with van der Waals surface area (Å²) in [7, 11) is -3.59. The Balaban J connectivity index is 1.75. The topological polar surface area (TPSA) is 86.8 Å². The predicted molar refractivity (Wildman–Crippen MR) is 154 cm³/mol. The van der Waals surface area contributed by atoms with Crippen molar-refractivity contribution >= 4 is 39.1 Å². The van der Waals surface area contributed by atoms with Crippen molar-refractivity contribution in [3.63, 3.8) is 0 Å². The second kappa shape index (κ2) is 14.0. The highest BCUT2D eigenvalue weighted by atomic mass is 35.5. The summed E-state index contributed by atoms with van der Waals surface area (Å²) >= 11 is 6.14. The summed E-state index contributed by atoms with van der Waals surface area (Å²) in [4.78, 5) is 28.6. The van der Waals surface area contributed by atoms with Gasteiger partial charge in [0.25, 0.3) is 0 Å². The van der Waals surface area contributed by atoms with Crippen molar-refractivity contribution in [3.05, 3.63) is 64.7 Å². The summed E-state index contributed by atoms with van der Waals surface area (Å²) in [6.45, 7) is 4.20. The number of nitrogens with one attached hydrogen (secondary N) is 1. The van der Waals surface area contributed by atoms with Crippen LogP contribution in [0.5, 0.6) is 0 Å². The molecule has 9 heteroatoms. The van der Waals surface area contributed by atoms with E-state index in [1.54, 1.807) is 23.1 Å². The smallest absolute Gasteiger partial charge is 0.243 e. The number of rotatable bonds is 12. The number of carbonyl (C=O) groups excluding carboxylic acids is 2. The van der Waals surface area contributed by atoms with Gasteiger partial charge in [-0.05, 0) is 55.9 Å². The van der Waals surface area contributed by atoms with E-state index in [4.69, 9.17) is 11.6 Å². The van der Waals surface area contributed by atoms with Crippen LogP contribution in [0.25, 0.3) is 0 Å². The Kier molecular flexibility index (Phi) is 11.0. The number of sulfonamides is 1. The lowest BCUT2D eigenvalue weighted by Gasteiger charge is -2.33. The molecule has 0 spiro atoms. The molecular weight excluding hydrogens is 522 g/mol. The highest BCUT2D eigenvalue weighted by molar-refractivity contribution is 7.92. The van der Waals surface area contributed by atoms with Crippen LogP contribution in [0.4, 0.5) is 5.69 Å². The zero-order valence-electron chi connectivity index (χ0n) is 22.7. The largest absolute Gasteiger partial charge is 0.352 e. The van der Waals surface area contributed by atoms with Crippen molar-refractivity contribution in [3.8, 4) is 0 Å². The number of halogens is 1. The fourth-order valence-electron chi connectivity index (χ4n) is 5.08. The van der Waals surface area contributed by atoms with Crippen LogP contribution in [0.3, 0.4) is 0 Å². The van der Waals surface area contributed by atoms with Gasteiger partial charge in [0.1, 0.15) is 6.04 Å². The van der Waals surface area contributed by atoms with Gasteiger partial charge in [0, 0.05) is 30.6 Å². The van der Waals surface area contributed by atoms with Crippen molar-refractivity contribution in [2.24, 2.45) is 0 Å². The lowest BCUT2D eigenvalue weighted by molar-refractivity contribution is -0.141. The quantitative estimate of drug-likeness (QED) is 0.373. The molecule has 0 unspecified atom stereocenters. The average Bonchev–Trinajstić information content (AvgIpc) is 2.88. The van der Waals surface area contributed by atoms with Crippen LogP contribution in [-0.4, -0.2) is 50.0 Å². The van der Waals surface area contributed by atoms with E-state index in [-0.39, 0.29) is 30.8 Å². The minimum absolute atomic E-state index is 0.115. The molecule has 1 N–H and O–H groups in total. The first-order valence-corrected chi connectivity index (χ1v) is 15.7. The van der Waals surface area contributed by atoms with E-state index in [1.165, 1.54) is 10.7 Å². The van der Waals surface area contributed by atoms with Crippen LogP contribution in [0.15, 0.2) is 48.5 Å². The molecule has 0 radical (unpaired) electrons. The van der Waals surface area contributed by atoms with Crippen LogP contribution in [0.1, 0.15) is 69.4 Å². The van der Waals surface area contributed by atoms with Gasteiger partial charge in [-0.15, -0.1) is 0 Å². The molecular formula is C29H40ClN3O4S. The van der Waals surface area contributed by atoms with Crippen molar-refractivity contribution in [1.29, 1.82) is 0 Å². The second-order valence-electron chi connectivity index (χ2n) is 10.1. The minimum Gasteiger partial charge on any atom is -0.352 e. The van der Waals surface area contributed by atoms with Crippen molar-refractivity contribution < 1.29 is 18.0 Å². The number of anilines is 1. The fraction of sp³-hybridized carbons (Fsp3) is 0.517. The number of amides is 2. The van der Waals surface area contributed by atoms with Gasteiger partial charge >= 0.3 is 0 Å². The van der Waals surface area contributed by atoms with Gasteiger partial charge in [0.15, 0.2) is 0 Å². The lowest BCUT2D eigenvalue weighted by atomic mass is 9.95. The third kappa shape index (κ3) is 8.46. The molecule has 1 atom stereocenters. The number of carbonyl (C=O) groups is 2. The molecule has 1 aliphatic rings. The number of benzene rings is 2. The molecule has 0 aliphatic heterocycles. The molecule has 1 aliphatic carbocycles. The maximum atomic E-state index is 13.6. The molecule has 2 aromatic carbocycles. The molecule has 0 heterocycles. The van der Waals surface area contributed by atoms with Crippen LogP contribution >= 0.6 is 11.6 Å². The van der Waals surface area contributed by atoms with Crippen LogP contribution in [0, 0.1) is 6.92 Å². The highest BCUT2D eigenvalue weighted by Crippen LogP contribution is 2.27. The number of hydrogen-bond acceptors (Lipinski definition) is 4. The van der Waals surface area contributed by atoms with E-state index < -0.39 is 16.1 Å². The van der Waals surface area contributed by atoms with Gasteiger partial charge in [0.2, 0.25) is 21.8 Å². The van der Waals surface area contributed by atoms with Gasteiger partial charge < -0.3 is 10.2 Å². The van der Waals surface area contributed by atoms with E-state index >= 15 is 0 Å². The molecule has 1 saturated carbocycles. The van der Waals surface area contributed by atoms with Crippen molar-refractivity contribution in [1.82, 2.24) is 10.2 Å². The molecule has 2 aromatic rings. The van der Waals surface area contributed by atoms with Gasteiger partial charge in [-0.3, -0.25) is 13.9 Å². The van der Waals surface area contributed by atoms with E-state index in [1.807, 2.05) is 44.2 Å². The van der Waals surface area contributed by atoms with E-state index in [9.17, 15) is 18.0 Å². The van der Waals surface area contributed by atoms with Crippen molar-refractivity contribution in [2.45, 2.75) is 83.8 Å². The summed E-state index contributed by atoms with van der Waals surface area (Å²) in [5.74, 6) is -0.285. The molecule has 0 bridgehead atoms. The molecule has 7 nitrogen and oxygen atoms in total. The van der Waals surface area contributed by atoms with Crippen LogP contribution < -0.4 is 9.62 Å². The Labute approximate surface area is 232 Å². The van der Waals surface area contributed by atoms with Crippen LogP contribution in [-0.2, 0) is 26.2 Å². The normalized spacial score (nSPS) is 15.1. The van der Waals surface area contributed by atoms with E-state index in [0.29, 0.717) is 30.1 Å². The zero-order valence-corrected chi connectivity index (χ0v) is 24.2.